The van der Waals surface area contributed by atoms with Crippen LogP contribution in [0.4, 0.5) is 0 Å². The summed E-state index contributed by atoms with van der Waals surface area (Å²) in [5, 5.41) is 15.1. The van der Waals surface area contributed by atoms with E-state index in [2.05, 4.69) is 42.2 Å². The Morgan fingerprint density at radius 2 is 1.84 bits per heavy atom. The number of aliphatic hydroxyl groups is 1. The van der Waals surface area contributed by atoms with Gasteiger partial charge in [-0.25, -0.2) is 4.98 Å². The second-order valence-electron chi connectivity index (χ2n) is 8.59. The number of rotatable bonds is 8. The van der Waals surface area contributed by atoms with Crippen molar-refractivity contribution in [3.63, 3.8) is 0 Å². The van der Waals surface area contributed by atoms with E-state index in [0.717, 1.165) is 45.4 Å². The zero-order valence-electron chi connectivity index (χ0n) is 19.1. The fourth-order valence-electron chi connectivity index (χ4n) is 4.19. The maximum atomic E-state index is 12.1. The molecule has 4 aromatic rings. The third kappa shape index (κ3) is 4.56. The third-order valence-corrected chi connectivity index (χ3v) is 6.85. The Kier molecular flexibility index (Phi) is 6.60. The first-order valence-corrected chi connectivity index (χ1v) is 11.7. The van der Waals surface area contributed by atoms with Gasteiger partial charge in [0.2, 0.25) is 5.88 Å². The van der Waals surface area contributed by atoms with E-state index in [1.54, 1.807) is 18.4 Å². The van der Waals surface area contributed by atoms with Gasteiger partial charge in [0.1, 0.15) is 5.60 Å². The number of methoxy groups -OCH3 is 1. The zero-order valence-corrected chi connectivity index (χ0v) is 19.9. The molecule has 4 nitrogen and oxygen atoms in total. The average molecular weight is 447 g/mol. The number of aryl methyl sites for hydroxylation is 1. The second kappa shape index (κ2) is 9.41. The maximum absolute atomic E-state index is 12.1. The van der Waals surface area contributed by atoms with E-state index in [4.69, 9.17) is 9.72 Å². The number of hydrogen-bond acceptors (Lipinski definition) is 5. The van der Waals surface area contributed by atoms with Crippen LogP contribution < -0.4 is 4.74 Å². The Morgan fingerprint density at radius 3 is 2.50 bits per heavy atom. The number of thiophene rings is 1. The van der Waals surface area contributed by atoms with E-state index < -0.39 is 5.60 Å². The molecule has 2 aromatic carbocycles. The molecular weight excluding hydrogens is 416 g/mol. The molecule has 2 aromatic heterocycles. The smallest absolute Gasteiger partial charge is 0.217 e. The molecule has 0 spiro atoms. The number of benzene rings is 2. The lowest BCUT2D eigenvalue weighted by Gasteiger charge is -2.30. The Bertz CT molecular complexity index is 1190. The molecule has 0 aliphatic rings. The highest BCUT2D eigenvalue weighted by molar-refractivity contribution is 7.10. The van der Waals surface area contributed by atoms with E-state index in [0.29, 0.717) is 12.3 Å². The molecule has 1 unspecified atom stereocenters. The molecule has 1 N–H and O–H groups in total. The summed E-state index contributed by atoms with van der Waals surface area (Å²) in [4.78, 5) is 7.97. The van der Waals surface area contributed by atoms with Gasteiger partial charge >= 0.3 is 0 Å². The second-order valence-corrected chi connectivity index (χ2v) is 9.54. The fraction of sp³-hybridized carbons (Fsp3) is 0.296. The minimum atomic E-state index is -1.12. The molecule has 5 heteroatoms. The van der Waals surface area contributed by atoms with Crippen LogP contribution in [0.15, 0.2) is 66.0 Å². The van der Waals surface area contributed by atoms with E-state index in [-0.39, 0.29) is 0 Å². The van der Waals surface area contributed by atoms with Crippen LogP contribution in [0.25, 0.3) is 10.9 Å². The molecule has 4 rings (SSSR count). The van der Waals surface area contributed by atoms with Crippen LogP contribution in [0.2, 0.25) is 0 Å². The summed E-state index contributed by atoms with van der Waals surface area (Å²) in [5.74, 6) is 0.604. The largest absolute Gasteiger partial charge is 0.481 e. The summed E-state index contributed by atoms with van der Waals surface area (Å²) in [6, 6.07) is 20.7. The lowest BCUT2D eigenvalue weighted by Crippen LogP contribution is -2.31. The van der Waals surface area contributed by atoms with Crippen molar-refractivity contribution in [2.24, 2.45) is 0 Å². The van der Waals surface area contributed by atoms with Gasteiger partial charge < -0.3 is 14.7 Å². The number of fused-ring (bicyclic) bond motifs is 1. The molecule has 2 heterocycles. The Hall–Kier alpha value is -2.73. The molecule has 0 amide bonds. The van der Waals surface area contributed by atoms with Crippen molar-refractivity contribution in [2.45, 2.75) is 25.4 Å². The van der Waals surface area contributed by atoms with Crippen LogP contribution in [-0.4, -0.2) is 42.7 Å². The molecule has 0 saturated heterocycles. The first kappa shape index (κ1) is 22.5. The van der Waals surface area contributed by atoms with Crippen LogP contribution in [0.1, 0.15) is 33.6 Å². The molecular formula is C27H30N2O2S. The number of pyridine rings is 1. The minimum absolute atomic E-state index is 0.578. The van der Waals surface area contributed by atoms with Gasteiger partial charge in [0.05, 0.1) is 12.6 Å². The van der Waals surface area contributed by atoms with Gasteiger partial charge in [-0.3, -0.25) is 0 Å². The SMILES string of the molecule is COc1nc2c(C(O)(CCN(C)C)c3cccs3)cc(C)cc2cc1Cc1ccccc1. The highest BCUT2D eigenvalue weighted by Gasteiger charge is 2.35. The maximum Gasteiger partial charge on any atom is 0.217 e. The summed E-state index contributed by atoms with van der Waals surface area (Å²) >= 11 is 1.58. The predicted octanol–water partition coefficient (Wildman–Crippen LogP) is 5.39. The van der Waals surface area contributed by atoms with Crippen LogP contribution in [0.3, 0.4) is 0 Å². The summed E-state index contributed by atoms with van der Waals surface area (Å²) in [6.45, 7) is 2.83. The molecule has 1 atom stereocenters. The molecule has 32 heavy (non-hydrogen) atoms. The molecule has 0 radical (unpaired) electrons. The van der Waals surface area contributed by atoms with E-state index in [1.165, 1.54) is 5.56 Å². The standard InChI is InChI=1S/C27H30N2O2S/c1-19-15-21-18-22(17-20-9-6-5-7-10-20)26(31-4)28-25(21)23(16-19)27(30,12-13-29(2)3)24-11-8-14-32-24/h5-11,14-16,18,30H,12-13,17H2,1-4H3. The normalized spacial score (nSPS) is 13.4. The summed E-state index contributed by atoms with van der Waals surface area (Å²) in [7, 11) is 5.72. The van der Waals surface area contributed by atoms with Crippen LogP contribution in [0.5, 0.6) is 5.88 Å². The minimum Gasteiger partial charge on any atom is -0.481 e. The molecule has 0 aliphatic heterocycles. The lowest BCUT2D eigenvalue weighted by molar-refractivity contribution is 0.0677. The van der Waals surface area contributed by atoms with Crippen LogP contribution in [0, 0.1) is 6.92 Å². The number of ether oxygens (including phenoxy) is 1. The Labute approximate surface area is 194 Å². The predicted molar refractivity (Wildman–Crippen MR) is 133 cm³/mol. The summed E-state index contributed by atoms with van der Waals surface area (Å²) < 4.78 is 5.71. The van der Waals surface area contributed by atoms with Gasteiger partial charge in [0, 0.05) is 34.4 Å². The number of hydrogen-bond donors (Lipinski definition) is 1. The third-order valence-electron chi connectivity index (χ3n) is 5.83. The lowest BCUT2D eigenvalue weighted by atomic mass is 9.85. The average Bonchev–Trinajstić information content (AvgIpc) is 3.33. The zero-order chi connectivity index (χ0) is 22.7. The topological polar surface area (TPSA) is 45.6 Å². The van der Waals surface area contributed by atoms with Crippen molar-refractivity contribution in [2.75, 3.05) is 27.7 Å². The summed E-state index contributed by atoms with van der Waals surface area (Å²) in [6.07, 6.45) is 1.32. The van der Waals surface area contributed by atoms with Gasteiger partial charge in [-0.2, -0.15) is 0 Å². The first-order chi connectivity index (χ1) is 15.4. The van der Waals surface area contributed by atoms with Crippen molar-refractivity contribution < 1.29 is 9.84 Å². The van der Waals surface area contributed by atoms with E-state index in [9.17, 15) is 5.11 Å². The quantitative estimate of drug-likeness (QED) is 0.394. The van der Waals surface area contributed by atoms with Crippen molar-refractivity contribution >= 4 is 22.2 Å². The Morgan fingerprint density at radius 1 is 1.06 bits per heavy atom. The molecule has 0 saturated carbocycles. The molecule has 0 aliphatic carbocycles. The summed E-state index contributed by atoms with van der Waals surface area (Å²) in [5.41, 5.74) is 3.85. The highest BCUT2D eigenvalue weighted by Crippen LogP contribution is 2.40. The Balaban J connectivity index is 1.89. The van der Waals surface area contributed by atoms with Crippen LogP contribution >= 0.6 is 11.3 Å². The highest BCUT2D eigenvalue weighted by atomic mass is 32.1. The van der Waals surface area contributed by atoms with Gasteiger partial charge in [-0.1, -0.05) is 42.5 Å². The van der Waals surface area contributed by atoms with E-state index in [1.807, 2.05) is 49.8 Å². The fourth-order valence-corrected chi connectivity index (χ4v) is 5.06. The first-order valence-electron chi connectivity index (χ1n) is 10.8. The molecule has 0 fully saturated rings. The van der Waals surface area contributed by atoms with Crippen molar-refractivity contribution in [3.05, 3.63) is 93.2 Å². The van der Waals surface area contributed by atoms with Gasteiger partial charge in [-0.15, -0.1) is 11.3 Å². The van der Waals surface area contributed by atoms with Crippen molar-refractivity contribution in [3.8, 4) is 5.88 Å². The van der Waals surface area contributed by atoms with Crippen molar-refractivity contribution in [1.82, 2.24) is 9.88 Å². The number of nitrogens with zero attached hydrogens (tertiary/aromatic N) is 2. The van der Waals surface area contributed by atoms with Gasteiger partial charge in [-0.05, 0) is 62.1 Å². The molecule has 0 bridgehead atoms. The number of aromatic nitrogens is 1. The van der Waals surface area contributed by atoms with Gasteiger partial charge in [0.15, 0.2) is 0 Å². The van der Waals surface area contributed by atoms with Crippen LogP contribution in [-0.2, 0) is 12.0 Å². The van der Waals surface area contributed by atoms with E-state index >= 15 is 0 Å². The van der Waals surface area contributed by atoms with Crippen molar-refractivity contribution in [1.29, 1.82) is 0 Å². The monoisotopic (exact) mass is 446 g/mol. The van der Waals surface area contributed by atoms with Gasteiger partial charge in [0.25, 0.3) is 0 Å². The molecule has 166 valence electrons.